The molecule has 1 amide bonds. The van der Waals surface area contributed by atoms with Crippen LogP contribution in [0.25, 0.3) is 0 Å². The first kappa shape index (κ1) is 13.4. The van der Waals surface area contributed by atoms with Gasteiger partial charge in [-0.15, -0.1) is 0 Å². The number of phenolic OH excluding ortho intramolecular Hbond substituents is 2. The number of carbonyl (C=O) groups is 1. The first-order valence-corrected chi connectivity index (χ1v) is 5.54. The molecule has 0 aliphatic carbocycles. The van der Waals surface area contributed by atoms with Gasteiger partial charge in [-0.05, 0) is 36.4 Å². The molecule has 0 saturated heterocycles. The maximum atomic E-state index is 13.0. The van der Waals surface area contributed by atoms with E-state index in [9.17, 15) is 19.4 Å². The Hall–Kier alpha value is -3.07. The summed E-state index contributed by atoms with van der Waals surface area (Å²) in [5, 5.41) is 30.1. The molecule has 5 nitrogen and oxygen atoms in total. The lowest BCUT2D eigenvalue weighted by Gasteiger charge is -2.08. The number of hydrogen-bond acceptors (Lipinski definition) is 4. The molecule has 0 atom stereocenters. The minimum Gasteiger partial charge on any atom is -0.508 e. The number of anilines is 1. The second kappa shape index (κ2) is 5.28. The average molecular weight is 272 g/mol. The molecule has 0 spiro atoms. The summed E-state index contributed by atoms with van der Waals surface area (Å²) in [7, 11) is 0. The van der Waals surface area contributed by atoms with Crippen molar-refractivity contribution in [3.63, 3.8) is 0 Å². The van der Waals surface area contributed by atoms with E-state index in [4.69, 9.17) is 5.26 Å². The van der Waals surface area contributed by atoms with E-state index in [1.807, 2.05) is 0 Å². The number of carbonyl (C=O) groups excluding carboxylic acids is 1. The zero-order valence-electron chi connectivity index (χ0n) is 10.1. The van der Waals surface area contributed by atoms with Gasteiger partial charge < -0.3 is 15.5 Å². The maximum Gasteiger partial charge on any atom is 0.259 e. The minimum absolute atomic E-state index is 0.0435. The fourth-order valence-corrected chi connectivity index (χ4v) is 1.61. The average Bonchev–Trinajstić information content (AvgIpc) is 2.43. The van der Waals surface area contributed by atoms with Crippen LogP contribution in [0.5, 0.6) is 11.5 Å². The van der Waals surface area contributed by atoms with Gasteiger partial charge in [0.25, 0.3) is 5.91 Å². The largest absolute Gasteiger partial charge is 0.508 e. The molecule has 0 unspecified atom stereocenters. The molecule has 2 aromatic rings. The maximum absolute atomic E-state index is 13.0. The van der Waals surface area contributed by atoms with Crippen molar-refractivity contribution in [2.45, 2.75) is 0 Å². The number of rotatable bonds is 2. The molecule has 0 bridgehead atoms. The molecule has 2 aromatic carbocycles. The van der Waals surface area contributed by atoms with Gasteiger partial charge in [-0.1, -0.05) is 0 Å². The molecule has 20 heavy (non-hydrogen) atoms. The lowest BCUT2D eigenvalue weighted by Crippen LogP contribution is -2.13. The van der Waals surface area contributed by atoms with E-state index in [0.717, 1.165) is 18.2 Å². The summed E-state index contributed by atoms with van der Waals surface area (Å²) in [5.74, 6) is -1.82. The van der Waals surface area contributed by atoms with Gasteiger partial charge in [0.2, 0.25) is 0 Å². The van der Waals surface area contributed by atoms with Crippen molar-refractivity contribution in [3.8, 4) is 17.6 Å². The van der Waals surface area contributed by atoms with Crippen LogP contribution in [0.3, 0.4) is 0 Å². The fourth-order valence-electron chi connectivity index (χ4n) is 1.61. The number of nitrogens with one attached hydrogen (secondary N) is 1. The molecule has 0 aliphatic rings. The molecule has 0 aliphatic heterocycles. The summed E-state index contributed by atoms with van der Waals surface area (Å²) in [5.41, 5.74) is -0.0853. The van der Waals surface area contributed by atoms with Crippen molar-refractivity contribution in [1.82, 2.24) is 0 Å². The number of nitrogens with zero attached hydrogens (tertiary/aromatic N) is 1. The highest BCUT2D eigenvalue weighted by atomic mass is 19.1. The standard InChI is InChI=1S/C14H9FN2O3/c15-9-1-3-12(8(5-9)7-16)17-14(20)11-6-10(18)2-4-13(11)19/h1-6,18-19H,(H,17,20). The first-order valence-electron chi connectivity index (χ1n) is 5.54. The Morgan fingerprint density at radius 3 is 2.65 bits per heavy atom. The van der Waals surface area contributed by atoms with Gasteiger partial charge in [0.1, 0.15) is 23.4 Å². The molecule has 100 valence electrons. The van der Waals surface area contributed by atoms with Crippen molar-refractivity contribution < 1.29 is 19.4 Å². The summed E-state index contributed by atoms with van der Waals surface area (Å²) in [6.07, 6.45) is 0. The van der Waals surface area contributed by atoms with E-state index in [1.165, 1.54) is 18.2 Å². The number of halogens is 1. The van der Waals surface area contributed by atoms with Gasteiger partial charge in [0.15, 0.2) is 0 Å². The number of aromatic hydroxyl groups is 2. The molecule has 0 heterocycles. The van der Waals surface area contributed by atoms with E-state index in [0.29, 0.717) is 0 Å². The van der Waals surface area contributed by atoms with Crippen molar-refractivity contribution in [3.05, 3.63) is 53.3 Å². The van der Waals surface area contributed by atoms with E-state index in [2.05, 4.69) is 5.32 Å². The van der Waals surface area contributed by atoms with Crippen molar-refractivity contribution >= 4 is 11.6 Å². The predicted molar refractivity (Wildman–Crippen MR) is 68.8 cm³/mol. The molecule has 2 rings (SSSR count). The molecule has 0 radical (unpaired) electrons. The van der Waals surface area contributed by atoms with E-state index < -0.39 is 11.7 Å². The van der Waals surface area contributed by atoms with Crippen LogP contribution in [-0.4, -0.2) is 16.1 Å². The Morgan fingerprint density at radius 2 is 1.95 bits per heavy atom. The van der Waals surface area contributed by atoms with Crippen LogP contribution in [-0.2, 0) is 0 Å². The predicted octanol–water partition coefficient (Wildman–Crippen LogP) is 2.36. The monoisotopic (exact) mass is 272 g/mol. The minimum atomic E-state index is -0.721. The highest BCUT2D eigenvalue weighted by molar-refractivity contribution is 6.06. The van der Waals surface area contributed by atoms with E-state index in [-0.39, 0.29) is 28.3 Å². The molecular weight excluding hydrogens is 263 g/mol. The second-order valence-corrected chi connectivity index (χ2v) is 3.96. The highest BCUT2D eigenvalue weighted by Crippen LogP contribution is 2.24. The summed E-state index contributed by atoms with van der Waals surface area (Å²) >= 11 is 0. The lowest BCUT2D eigenvalue weighted by molar-refractivity contribution is 0.102. The van der Waals surface area contributed by atoms with Crippen molar-refractivity contribution in [2.24, 2.45) is 0 Å². The fraction of sp³-hybridized carbons (Fsp3) is 0. The normalized spacial score (nSPS) is 9.80. The van der Waals surface area contributed by atoms with E-state index in [1.54, 1.807) is 6.07 Å². The number of hydrogen-bond donors (Lipinski definition) is 3. The summed E-state index contributed by atoms with van der Waals surface area (Å²) in [4.78, 5) is 12.0. The smallest absolute Gasteiger partial charge is 0.259 e. The third kappa shape index (κ3) is 2.67. The van der Waals surface area contributed by atoms with Crippen LogP contribution in [0.1, 0.15) is 15.9 Å². The number of amides is 1. The van der Waals surface area contributed by atoms with E-state index >= 15 is 0 Å². The topological polar surface area (TPSA) is 93.4 Å². The van der Waals surface area contributed by atoms with Gasteiger partial charge in [0.05, 0.1) is 16.8 Å². The first-order chi connectivity index (χ1) is 9.51. The molecule has 3 N–H and O–H groups in total. The summed E-state index contributed by atoms with van der Waals surface area (Å²) in [6, 6.07) is 8.55. The quantitative estimate of drug-likeness (QED) is 0.731. The number of phenols is 2. The highest BCUT2D eigenvalue weighted by Gasteiger charge is 2.14. The Bertz CT molecular complexity index is 723. The van der Waals surface area contributed by atoms with Gasteiger partial charge in [-0.3, -0.25) is 4.79 Å². The zero-order chi connectivity index (χ0) is 14.7. The molecule has 0 saturated carbocycles. The lowest BCUT2D eigenvalue weighted by atomic mass is 10.1. The number of benzene rings is 2. The van der Waals surface area contributed by atoms with Gasteiger partial charge >= 0.3 is 0 Å². The zero-order valence-corrected chi connectivity index (χ0v) is 10.1. The SMILES string of the molecule is N#Cc1cc(F)ccc1NC(=O)c1cc(O)ccc1O. The molecule has 0 aromatic heterocycles. The third-order valence-electron chi connectivity index (χ3n) is 2.58. The van der Waals surface area contributed by atoms with Crippen molar-refractivity contribution in [2.75, 3.05) is 5.32 Å². The van der Waals surface area contributed by atoms with Gasteiger partial charge in [-0.25, -0.2) is 4.39 Å². The van der Waals surface area contributed by atoms with Crippen LogP contribution in [0.4, 0.5) is 10.1 Å². The van der Waals surface area contributed by atoms with Gasteiger partial charge in [0, 0.05) is 0 Å². The summed E-state index contributed by atoms with van der Waals surface area (Å²) < 4.78 is 13.0. The summed E-state index contributed by atoms with van der Waals surface area (Å²) in [6.45, 7) is 0. The molecule has 6 heteroatoms. The Labute approximate surface area is 113 Å². The molecule has 0 fully saturated rings. The Balaban J connectivity index is 2.33. The Morgan fingerprint density at radius 1 is 1.20 bits per heavy atom. The van der Waals surface area contributed by atoms with Crippen LogP contribution >= 0.6 is 0 Å². The van der Waals surface area contributed by atoms with Gasteiger partial charge in [-0.2, -0.15) is 5.26 Å². The second-order valence-electron chi connectivity index (χ2n) is 3.96. The van der Waals surface area contributed by atoms with Crippen LogP contribution < -0.4 is 5.32 Å². The third-order valence-corrected chi connectivity index (χ3v) is 2.58. The Kier molecular flexibility index (Phi) is 3.53. The van der Waals surface area contributed by atoms with Crippen LogP contribution in [0.15, 0.2) is 36.4 Å². The van der Waals surface area contributed by atoms with Crippen LogP contribution in [0, 0.1) is 17.1 Å². The molecular formula is C14H9FN2O3. The van der Waals surface area contributed by atoms with Crippen molar-refractivity contribution in [1.29, 1.82) is 5.26 Å². The number of nitriles is 1. The van der Waals surface area contributed by atoms with Crippen LogP contribution in [0.2, 0.25) is 0 Å².